The molecule has 1 aliphatic rings. The summed E-state index contributed by atoms with van der Waals surface area (Å²) >= 11 is 1.25. The van der Waals surface area contributed by atoms with Gasteiger partial charge >= 0.3 is 0 Å². The first kappa shape index (κ1) is 9.67. The van der Waals surface area contributed by atoms with Gasteiger partial charge in [-0.3, -0.25) is 0 Å². The molecule has 1 aromatic rings. The van der Waals surface area contributed by atoms with Gasteiger partial charge in [0.05, 0.1) is 6.10 Å². The van der Waals surface area contributed by atoms with E-state index in [0.717, 1.165) is 19.4 Å². The highest BCUT2D eigenvalue weighted by Crippen LogP contribution is 2.20. The summed E-state index contributed by atoms with van der Waals surface area (Å²) in [5.41, 5.74) is 5.42. The number of nitrogens with two attached hydrogens (primary N) is 1. The van der Waals surface area contributed by atoms with E-state index in [1.165, 1.54) is 17.8 Å². The number of hydrogen-bond acceptors (Lipinski definition) is 6. The third-order valence-corrected chi connectivity index (χ3v) is 2.75. The van der Waals surface area contributed by atoms with Crippen molar-refractivity contribution in [2.45, 2.75) is 25.4 Å². The Morgan fingerprint density at radius 2 is 2.43 bits per heavy atom. The minimum Gasteiger partial charge on any atom is -0.466 e. The second-order valence-electron chi connectivity index (χ2n) is 3.21. The quantitative estimate of drug-likeness (QED) is 0.816. The van der Waals surface area contributed by atoms with E-state index >= 15 is 0 Å². The maximum atomic E-state index is 5.51. The third-order valence-electron chi connectivity index (χ3n) is 2.09. The highest BCUT2D eigenvalue weighted by atomic mass is 32.1. The fourth-order valence-corrected chi connectivity index (χ4v) is 1.85. The lowest BCUT2D eigenvalue weighted by molar-refractivity contribution is -0.0112. The molecule has 1 fully saturated rings. The summed E-state index contributed by atoms with van der Waals surface area (Å²) in [6, 6.07) is 0. The van der Waals surface area contributed by atoms with Crippen molar-refractivity contribution in [2.75, 3.05) is 18.9 Å². The zero-order valence-electron chi connectivity index (χ0n) is 7.81. The van der Waals surface area contributed by atoms with Gasteiger partial charge < -0.3 is 15.2 Å². The van der Waals surface area contributed by atoms with Crippen molar-refractivity contribution < 1.29 is 9.47 Å². The van der Waals surface area contributed by atoms with E-state index in [2.05, 4.69) is 10.2 Å². The van der Waals surface area contributed by atoms with E-state index in [1.54, 1.807) is 0 Å². The fourth-order valence-electron chi connectivity index (χ4n) is 1.38. The normalized spacial score (nSPS) is 22.1. The van der Waals surface area contributed by atoms with Gasteiger partial charge in [0.15, 0.2) is 0 Å². The average Bonchev–Trinajstić information content (AvgIpc) is 2.63. The Morgan fingerprint density at radius 3 is 3.07 bits per heavy atom. The number of ether oxygens (including phenoxy) is 2. The largest absolute Gasteiger partial charge is 0.466 e. The zero-order valence-corrected chi connectivity index (χ0v) is 8.63. The van der Waals surface area contributed by atoms with Crippen LogP contribution in [0.4, 0.5) is 5.13 Å². The molecule has 1 aromatic heterocycles. The third kappa shape index (κ3) is 2.55. The van der Waals surface area contributed by atoms with Crippen molar-refractivity contribution in [3.8, 4) is 5.19 Å². The fraction of sp³-hybridized carbons (Fsp3) is 0.750. The molecule has 14 heavy (non-hydrogen) atoms. The monoisotopic (exact) mass is 215 g/mol. The van der Waals surface area contributed by atoms with Gasteiger partial charge in [-0.05, 0) is 30.6 Å². The Hall–Kier alpha value is -0.880. The molecule has 0 bridgehead atoms. The Kier molecular flexibility index (Phi) is 3.15. The van der Waals surface area contributed by atoms with E-state index in [1.807, 2.05) is 0 Å². The van der Waals surface area contributed by atoms with Crippen molar-refractivity contribution >= 4 is 16.5 Å². The van der Waals surface area contributed by atoms with Gasteiger partial charge in [0.1, 0.15) is 6.61 Å². The molecule has 78 valence electrons. The van der Waals surface area contributed by atoms with Crippen LogP contribution in [0, 0.1) is 0 Å². The number of nitrogens with zero attached hydrogens (tertiary/aromatic N) is 2. The second-order valence-corrected chi connectivity index (χ2v) is 4.18. The standard InChI is InChI=1S/C8H13N3O2S/c9-7-10-11-8(14-7)13-5-6-3-1-2-4-12-6/h6H,1-5H2,(H2,9,10). The molecule has 5 nitrogen and oxygen atoms in total. The Bertz CT molecular complexity index is 286. The summed E-state index contributed by atoms with van der Waals surface area (Å²) in [7, 11) is 0. The van der Waals surface area contributed by atoms with Crippen LogP contribution in [-0.2, 0) is 4.74 Å². The highest BCUT2D eigenvalue weighted by Gasteiger charge is 2.15. The molecule has 0 amide bonds. The van der Waals surface area contributed by atoms with Gasteiger partial charge in [-0.2, -0.15) is 0 Å². The maximum Gasteiger partial charge on any atom is 0.295 e. The van der Waals surface area contributed by atoms with E-state index in [-0.39, 0.29) is 6.10 Å². The number of aromatic nitrogens is 2. The molecular formula is C8H13N3O2S. The lowest BCUT2D eigenvalue weighted by Gasteiger charge is -2.21. The van der Waals surface area contributed by atoms with Gasteiger partial charge in [0, 0.05) is 6.61 Å². The smallest absolute Gasteiger partial charge is 0.295 e. The van der Waals surface area contributed by atoms with Crippen LogP contribution in [0.3, 0.4) is 0 Å². The van der Waals surface area contributed by atoms with Crippen molar-refractivity contribution in [1.29, 1.82) is 0 Å². The van der Waals surface area contributed by atoms with Crippen LogP contribution in [0.15, 0.2) is 0 Å². The molecule has 0 aliphatic carbocycles. The molecular weight excluding hydrogens is 202 g/mol. The van der Waals surface area contributed by atoms with Crippen molar-refractivity contribution in [3.63, 3.8) is 0 Å². The van der Waals surface area contributed by atoms with Crippen LogP contribution < -0.4 is 10.5 Å². The topological polar surface area (TPSA) is 70.3 Å². The molecule has 6 heteroatoms. The molecule has 0 aromatic carbocycles. The van der Waals surface area contributed by atoms with Crippen LogP contribution in [0.5, 0.6) is 5.19 Å². The zero-order chi connectivity index (χ0) is 9.80. The van der Waals surface area contributed by atoms with Crippen LogP contribution in [0.1, 0.15) is 19.3 Å². The van der Waals surface area contributed by atoms with Gasteiger partial charge in [0.25, 0.3) is 5.19 Å². The van der Waals surface area contributed by atoms with E-state index < -0.39 is 0 Å². The minimum atomic E-state index is 0.203. The molecule has 1 atom stereocenters. The Balaban J connectivity index is 1.76. The number of anilines is 1. The molecule has 1 saturated heterocycles. The maximum absolute atomic E-state index is 5.51. The summed E-state index contributed by atoms with van der Waals surface area (Å²) < 4.78 is 10.9. The summed E-state index contributed by atoms with van der Waals surface area (Å²) in [6.07, 6.45) is 3.64. The van der Waals surface area contributed by atoms with Gasteiger partial charge in [-0.1, -0.05) is 5.10 Å². The van der Waals surface area contributed by atoms with Crippen LogP contribution in [-0.4, -0.2) is 29.5 Å². The van der Waals surface area contributed by atoms with Crippen LogP contribution >= 0.6 is 11.3 Å². The van der Waals surface area contributed by atoms with E-state index in [9.17, 15) is 0 Å². The summed E-state index contributed by atoms with van der Waals surface area (Å²) in [4.78, 5) is 0. The Morgan fingerprint density at radius 1 is 1.50 bits per heavy atom. The molecule has 2 heterocycles. The molecule has 1 aliphatic heterocycles. The second kappa shape index (κ2) is 4.56. The molecule has 0 spiro atoms. The average molecular weight is 215 g/mol. The van der Waals surface area contributed by atoms with E-state index in [0.29, 0.717) is 16.9 Å². The highest BCUT2D eigenvalue weighted by molar-refractivity contribution is 7.16. The lowest BCUT2D eigenvalue weighted by atomic mass is 10.1. The van der Waals surface area contributed by atoms with Crippen LogP contribution in [0.2, 0.25) is 0 Å². The van der Waals surface area contributed by atoms with Crippen molar-refractivity contribution in [3.05, 3.63) is 0 Å². The predicted molar refractivity (Wildman–Crippen MR) is 53.4 cm³/mol. The molecule has 2 rings (SSSR count). The molecule has 1 unspecified atom stereocenters. The molecule has 2 N–H and O–H groups in total. The van der Waals surface area contributed by atoms with E-state index in [4.69, 9.17) is 15.2 Å². The van der Waals surface area contributed by atoms with Gasteiger partial charge in [-0.15, -0.1) is 5.10 Å². The number of hydrogen-bond donors (Lipinski definition) is 1. The van der Waals surface area contributed by atoms with Gasteiger partial charge in [-0.25, -0.2) is 0 Å². The summed E-state index contributed by atoms with van der Waals surface area (Å²) in [5, 5.41) is 8.39. The predicted octanol–water partition coefficient (Wildman–Crippen LogP) is 1.07. The molecule has 0 saturated carbocycles. The summed E-state index contributed by atoms with van der Waals surface area (Å²) in [6.45, 7) is 1.39. The first-order valence-electron chi connectivity index (χ1n) is 4.68. The number of nitrogen functional groups attached to an aromatic ring is 1. The SMILES string of the molecule is Nc1nnc(OCC2CCCCO2)s1. The van der Waals surface area contributed by atoms with Crippen LogP contribution in [0.25, 0.3) is 0 Å². The number of rotatable bonds is 3. The van der Waals surface area contributed by atoms with Crippen molar-refractivity contribution in [2.24, 2.45) is 0 Å². The first-order valence-corrected chi connectivity index (χ1v) is 5.49. The first-order chi connectivity index (χ1) is 6.84. The molecule has 0 radical (unpaired) electrons. The lowest BCUT2D eigenvalue weighted by Crippen LogP contribution is -2.25. The Labute approximate surface area is 86.2 Å². The van der Waals surface area contributed by atoms with Gasteiger partial charge in [0.2, 0.25) is 5.13 Å². The minimum absolute atomic E-state index is 0.203. The van der Waals surface area contributed by atoms with Crippen molar-refractivity contribution in [1.82, 2.24) is 10.2 Å². The summed E-state index contributed by atoms with van der Waals surface area (Å²) in [5.74, 6) is 0.